The fraction of sp³-hybridized carbons (Fsp3) is 0.643. The molecule has 0 heterocycles. The molecule has 0 aromatic heterocycles. The zero-order valence-electron chi connectivity index (χ0n) is 10.5. The first-order valence-electron chi connectivity index (χ1n) is 5.71. The van der Waals surface area contributed by atoms with Crippen LogP contribution in [-0.2, 0) is 4.79 Å². The molecule has 84 valence electrons. The van der Waals surface area contributed by atoms with Gasteiger partial charge in [-0.25, -0.2) is 0 Å². The van der Waals surface area contributed by atoms with Gasteiger partial charge in [-0.1, -0.05) is 38.5 Å². The van der Waals surface area contributed by atoms with Gasteiger partial charge < -0.3 is 0 Å². The van der Waals surface area contributed by atoms with Crippen LogP contribution >= 0.6 is 0 Å². The lowest BCUT2D eigenvalue weighted by Crippen LogP contribution is -2.25. The van der Waals surface area contributed by atoms with E-state index in [2.05, 4.69) is 39.8 Å². The van der Waals surface area contributed by atoms with E-state index in [9.17, 15) is 4.79 Å². The minimum atomic E-state index is 0.141. The van der Waals surface area contributed by atoms with Crippen LogP contribution in [0.1, 0.15) is 41.0 Å². The van der Waals surface area contributed by atoms with Crippen molar-refractivity contribution in [1.29, 1.82) is 0 Å². The third kappa shape index (κ3) is 2.58. The van der Waals surface area contributed by atoms with E-state index in [1.807, 2.05) is 0 Å². The van der Waals surface area contributed by atoms with Crippen LogP contribution in [0, 0.1) is 17.3 Å². The summed E-state index contributed by atoms with van der Waals surface area (Å²) in [5, 5.41) is 0. The molecule has 0 N–H and O–H groups in total. The molecule has 0 aromatic carbocycles. The number of hydrogen-bond donors (Lipinski definition) is 0. The van der Waals surface area contributed by atoms with E-state index in [1.54, 1.807) is 13.0 Å². The van der Waals surface area contributed by atoms with Gasteiger partial charge in [0.05, 0.1) is 0 Å². The SMILES string of the molecule is CC(=O)/C=C/C(C)C1CC=C(C)C1(C)C. The second-order valence-electron chi connectivity index (χ2n) is 5.28. The van der Waals surface area contributed by atoms with Crippen LogP contribution in [-0.4, -0.2) is 5.78 Å². The van der Waals surface area contributed by atoms with Gasteiger partial charge in [0, 0.05) is 0 Å². The maximum atomic E-state index is 10.9. The second kappa shape index (κ2) is 4.34. The van der Waals surface area contributed by atoms with Crippen molar-refractivity contribution in [3.63, 3.8) is 0 Å². The van der Waals surface area contributed by atoms with Crippen molar-refractivity contribution in [1.82, 2.24) is 0 Å². The molecule has 0 aliphatic heterocycles. The Balaban J connectivity index is 2.71. The summed E-state index contributed by atoms with van der Waals surface area (Å²) in [6, 6.07) is 0. The molecule has 1 nitrogen and oxygen atoms in total. The fourth-order valence-corrected chi connectivity index (χ4v) is 2.45. The minimum Gasteiger partial charge on any atom is -0.295 e. The van der Waals surface area contributed by atoms with Gasteiger partial charge >= 0.3 is 0 Å². The lowest BCUT2D eigenvalue weighted by Gasteiger charge is -2.33. The van der Waals surface area contributed by atoms with Crippen molar-refractivity contribution in [3.8, 4) is 0 Å². The van der Waals surface area contributed by atoms with Gasteiger partial charge in [0.15, 0.2) is 5.78 Å². The summed E-state index contributed by atoms with van der Waals surface area (Å²) in [6.07, 6.45) is 7.24. The monoisotopic (exact) mass is 206 g/mol. The van der Waals surface area contributed by atoms with Gasteiger partial charge in [-0.3, -0.25) is 4.79 Å². The molecular weight excluding hydrogens is 184 g/mol. The molecule has 0 fully saturated rings. The van der Waals surface area contributed by atoms with Crippen LogP contribution in [0.25, 0.3) is 0 Å². The fourth-order valence-electron chi connectivity index (χ4n) is 2.45. The number of hydrogen-bond acceptors (Lipinski definition) is 1. The number of carbonyl (C=O) groups excluding carboxylic acids is 1. The molecule has 0 saturated heterocycles. The Morgan fingerprint density at radius 3 is 2.60 bits per heavy atom. The summed E-state index contributed by atoms with van der Waals surface area (Å²) in [4.78, 5) is 10.9. The Hall–Kier alpha value is -0.850. The molecule has 2 unspecified atom stereocenters. The van der Waals surface area contributed by atoms with Gasteiger partial charge in [-0.15, -0.1) is 0 Å². The summed E-state index contributed by atoms with van der Waals surface area (Å²) < 4.78 is 0. The van der Waals surface area contributed by atoms with Gasteiger partial charge in [-0.05, 0) is 43.6 Å². The maximum Gasteiger partial charge on any atom is 0.152 e. The smallest absolute Gasteiger partial charge is 0.152 e. The highest BCUT2D eigenvalue weighted by Crippen LogP contribution is 2.46. The van der Waals surface area contributed by atoms with E-state index in [0.717, 1.165) is 6.42 Å². The van der Waals surface area contributed by atoms with Crippen molar-refractivity contribution < 1.29 is 4.79 Å². The number of ketones is 1. The maximum absolute atomic E-state index is 10.9. The molecule has 15 heavy (non-hydrogen) atoms. The number of rotatable bonds is 3. The Morgan fingerprint density at radius 2 is 2.20 bits per heavy atom. The van der Waals surface area contributed by atoms with Crippen LogP contribution < -0.4 is 0 Å². The average molecular weight is 206 g/mol. The van der Waals surface area contributed by atoms with Crippen LogP contribution in [0.15, 0.2) is 23.8 Å². The quantitative estimate of drug-likeness (QED) is 0.507. The molecule has 0 spiro atoms. The van der Waals surface area contributed by atoms with Gasteiger partial charge in [0.25, 0.3) is 0 Å². The summed E-state index contributed by atoms with van der Waals surface area (Å²) in [7, 11) is 0. The normalized spacial score (nSPS) is 26.7. The minimum absolute atomic E-state index is 0.141. The molecule has 0 amide bonds. The molecule has 0 aromatic rings. The molecule has 1 rings (SSSR count). The number of carbonyl (C=O) groups is 1. The Labute approximate surface area is 93.3 Å². The average Bonchev–Trinajstić information content (AvgIpc) is 2.38. The van der Waals surface area contributed by atoms with Crippen LogP contribution in [0.5, 0.6) is 0 Å². The van der Waals surface area contributed by atoms with Gasteiger partial charge in [0.2, 0.25) is 0 Å². The highest BCUT2D eigenvalue weighted by molar-refractivity contribution is 5.87. The van der Waals surface area contributed by atoms with E-state index < -0.39 is 0 Å². The Bertz CT molecular complexity index is 307. The first-order chi connectivity index (χ1) is 6.85. The van der Waals surface area contributed by atoms with E-state index in [1.165, 1.54) is 5.57 Å². The van der Waals surface area contributed by atoms with E-state index in [0.29, 0.717) is 11.8 Å². The topological polar surface area (TPSA) is 17.1 Å². The van der Waals surface area contributed by atoms with Crippen LogP contribution in [0.3, 0.4) is 0 Å². The van der Waals surface area contributed by atoms with Crippen LogP contribution in [0.2, 0.25) is 0 Å². The predicted molar refractivity (Wildman–Crippen MR) is 64.6 cm³/mol. The molecule has 0 bridgehead atoms. The predicted octanol–water partition coefficient (Wildman–Crippen LogP) is 3.76. The molecule has 1 aliphatic rings. The largest absolute Gasteiger partial charge is 0.295 e. The second-order valence-corrected chi connectivity index (χ2v) is 5.28. The van der Waals surface area contributed by atoms with Crippen LogP contribution in [0.4, 0.5) is 0 Å². The third-order valence-electron chi connectivity index (χ3n) is 3.89. The Morgan fingerprint density at radius 1 is 1.60 bits per heavy atom. The van der Waals surface area contributed by atoms with E-state index in [4.69, 9.17) is 0 Å². The summed E-state index contributed by atoms with van der Waals surface area (Å²) >= 11 is 0. The highest BCUT2D eigenvalue weighted by Gasteiger charge is 2.37. The van der Waals surface area contributed by atoms with Crippen molar-refractivity contribution >= 4 is 5.78 Å². The Kier molecular flexibility index (Phi) is 3.54. The standard InChI is InChI=1S/C14H22O/c1-10(6-8-12(3)15)13-9-7-11(2)14(13,4)5/h6-8,10,13H,9H2,1-5H3/b8-6+. The molecule has 1 heteroatoms. The van der Waals surface area contributed by atoms with Gasteiger partial charge in [-0.2, -0.15) is 0 Å². The van der Waals surface area contributed by atoms with Crippen molar-refractivity contribution in [2.24, 2.45) is 17.3 Å². The zero-order chi connectivity index (χ0) is 11.6. The molecule has 1 aliphatic carbocycles. The van der Waals surface area contributed by atoms with Crippen molar-refractivity contribution in [2.75, 3.05) is 0 Å². The molecule has 0 radical (unpaired) electrons. The molecule has 0 saturated carbocycles. The van der Waals surface area contributed by atoms with Crippen molar-refractivity contribution in [3.05, 3.63) is 23.8 Å². The summed E-state index contributed by atoms with van der Waals surface area (Å²) in [5.41, 5.74) is 1.76. The van der Waals surface area contributed by atoms with E-state index >= 15 is 0 Å². The molecular formula is C14H22O. The summed E-state index contributed by atoms with van der Waals surface area (Å²) in [6.45, 7) is 10.6. The first-order valence-corrected chi connectivity index (χ1v) is 5.71. The zero-order valence-corrected chi connectivity index (χ0v) is 10.5. The van der Waals surface area contributed by atoms with Crippen molar-refractivity contribution in [2.45, 2.75) is 41.0 Å². The molecule has 2 atom stereocenters. The first kappa shape index (κ1) is 12.2. The lowest BCUT2D eigenvalue weighted by molar-refractivity contribution is -0.112. The summed E-state index contributed by atoms with van der Waals surface area (Å²) in [5.74, 6) is 1.24. The number of allylic oxidation sites excluding steroid dienone is 4. The van der Waals surface area contributed by atoms with E-state index in [-0.39, 0.29) is 11.2 Å². The van der Waals surface area contributed by atoms with Gasteiger partial charge in [0.1, 0.15) is 0 Å². The lowest BCUT2D eigenvalue weighted by atomic mass is 9.72. The third-order valence-corrected chi connectivity index (χ3v) is 3.89. The highest BCUT2D eigenvalue weighted by atomic mass is 16.1.